The minimum atomic E-state index is 0.543. The van der Waals surface area contributed by atoms with Crippen LogP contribution < -0.4 is 4.74 Å². The molecular weight excluding hydrogens is 374 g/mol. The first-order valence-corrected chi connectivity index (χ1v) is 9.73. The van der Waals surface area contributed by atoms with Gasteiger partial charge in [0.05, 0.1) is 18.4 Å². The Balaban J connectivity index is 1.83. The number of ether oxygens (including phenoxy) is 1. The van der Waals surface area contributed by atoms with Gasteiger partial charge in [0.1, 0.15) is 5.75 Å². The summed E-state index contributed by atoms with van der Waals surface area (Å²) in [5.41, 5.74) is 0.809. The first-order chi connectivity index (χ1) is 12.7. The lowest BCUT2D eigenvalue weighted by Crippen LogP contribution is -2.01. The summed E-state index contributed by atoms with van der Waals surface area (Å²) in [6, 6.07) is 5.45. The van der Waals surface area contributed by atoms with Crippen LogP contribution in [0.4, 0.5) is 0 Å². The number of thioether (sulfide) groups is 1. The highest BCUT2D eigenvalue weighted by Crippen LogP contribution is 2.33. The Bertz CT molecular complexity index is 880. The highest BCUT2D eigenvalue weighted by Gasteiger charge is 2.18. The fourth-order valence-electron chi connectivity index (χ4n) is 2.52. The van der Waals surface area contributed by atoms with Crippen LogP contribution in [0.5, 0.6) is 5.75 Å². The summed E-state index contributed by atoms with van der Waals surface area (Å²) in [5.74, 6) is 3.22. The second-order valence-electron chi connectivity index (χ2n) is 5.52. The normalized spacial score (nSPS) is 11.1. The molecule has 0 aliphatic carbocycles. The largest absolute Gasteiger partial charge is 0.496 e. The van der Waals surface area contributed by atoms with Gasteiger partial charge in [0.2, 0.25) is 11.8 Å². The van der Waals surface area contributed by atoms with E-state index in [-0.39, 0.29) is 0 Å². The molecule has 26 heavy (non-hydrogen) atoms. The topological polar surface area (TPSA) is 78.9 Å². The van der Waals surface area contributed by atoms with E-state index in [1.165, 1.54) is 11.8 Å². The summed E-state index contributed by atoms with van der Waals surface area (Å²) in [7, 11) is 1.62. The van der Waals surface area contributed by atoms with Gasteiger partial charge in [-0.05, 0) is 31.5 Å². The predicted octanol–water partition coefficient (Wildman–Crippen LogP) is 4.25. The van der Waals surface area contributed by atoms with E-state index in [0.29, 0.717) is 40.7 Å². The van der Waals surface area contributed by atoms with Crippen molar-refractivity contribution in [3.63, 3.8) is 0 Å². The highest BCUT2D eigenvalue weighted by molar-refractivity contribution is 7.98. The second kappa shape index (κ2) is 8.55. The van der Waals surface area contributed by atoms with E-state index in [4.69, 9.17) is 20.8 Å². The van der Waals surface area contributed by atoms with E-state index in [2.05, 4.69) is 27.3 Å². The zero-order valence-electron chi connectivity index (χ0n) is 14.9. The highest BCUT2D eigenvalue weighted by atomic mass is 35.5. The van der Waals surface area contributed by atoms with Crippen molar-refractivity contribution in [1.82, 2.24) is 25.0 Å². The minimum absolute atomic E-state index is 0.543. The zero-order valence-corrected chi connectivity index (χ0v) is 16.5. The maximum absolute atomic E-state index is 6.15. The van der Waals surface area contributed by atoms with Gasteiger partial charge in [-0.25, -0.2) is 0 Å². The lowest BCUT2D eigenvalue weighted by atomic mass is 10.2. The van der Waals surface area contributed by atoms with Crippen LogP contribution in [0.25, 0.3) is 11.4 Å². The third kappa shape index (κ3) is 4.02. The Morgan fingerprint density at radius 1 is 1.15 bits per heavy atom. The molecule has 0 N–H and O–H groups in total. The standard InChI is InChI=1S/C17H20ClN5O2S/c1-4-6-14-19-20-15(25-14)10-26-17-22-21-16(23(17)5-2)12-9-11(18)7-8-13(12)24-3/h7-9H,4-6,10H2,1-3H3. The summed E-state index contributed by atoms with van der Waals surface area (Å²) in [4.78, 5) is 0. The number of aromatic nitrogens is 5. The van der Waals surface area contributed by atoms with E-state index in [9.17, 15) is 0 Å². The van der Waals surface area contributed by atoms with Crippen LogP contribution >= 0.6 is 23.4 Å². The molecule has 2 heterocycles. The van der Waals surface area contributed by atoms with Gasteiger partial charge in [0.25, 0.3) is 0 Å². The molecule has 0 unspecified atom stereocenters. The lowest BCUT2D eigenvalue weighted by molar-refractivity contribution is 0.416. The Morgan fingerprint density at radius 3 is 2.69 bits per heavy atom. The Labute approximate surface area is 161 Å². The monoisotopic (exact) mass is 393 g/mol. The van der Waals surface area contributed by atoms with Gasteiger partial charge in [-0.1, -0.05) is 30.3 Å². The molecule has 0 bridgehead atoms. The lowest BCUT2D eigenvalue weighted by Gasteiger charge is -2.10. The number of hydrogen-bond acceptors (Lipinski definition) is 7. The van der Waals surface area contributed by atoms with Crippen LogP contribution in [0.15, 0.2) is 27.8 Å². The fourth-order valence-corrected chi connectivity index (χ4v) is 3.53. The molecule has 1 aromatic carbocycles. The summed E-state index contributed by atoms with van der Waals surface area (Å²) < 4.78 is 13.1. The van der Waals surface area contributed by atoms with Crippen molar-refractivity contribution in [3.05, 3.63) is 35.0 Å². The molecule has 138 valence electrons. The zero-order chi connectivity index (χ0) is 18.5. The molecule has 0 fully saturated rings. The molecule has 0 radical (unpaired) electrons. The van der Waals surface area contributed by atoms with E-state index >= 15 is 0 Å². The number of methoxy groups -OCH3 is 1. The first kappa shape index (κ1) is 18.7. The predicted molar refractivity (Wildman–Crippen MR) is 101 cm³/mol. The molecule has 0 spiro atoms. The van der Waals surface area contributed by atoms with E-state index < -0.39 is 0 Å². The fraction of sp³-hybridized carbons (Fsp3) is 0.412. The smallest absolute Gasteiger partial charge is 0.226 e. The van der Waals surface area contributed by atoms with Crippen LogP contribution in [-0.4, -0.2) is 32.1 Å². The quantitative estimate of drug-likeness (QED) is 0.529. The van der Waals surface area contributed by atoms with Crippen molar-refractivity contribution in [1.29, 1.82) is 0 Å². The number of benzene rings is 1. The minimum Gasteiger partial charge on any atom is -0.496 e. The van der Waals surface area contributed by atoms with Crippen molar-refractivity contribution < 1.29 is 9.15 Å². The molecule has 3 rings (SSSR count). The van der Waals surface area contributed by atoms with Gasteiger partial charge < -0.3 is 13.7 Å². The molecular formula is C17H20ClN5O2S. The van der Waals surface area contributed by atoms with Crippen LogP contribution in [0.1, 0.15) is 32.0 Å². The number of halogens is 1. The third-order valence-corrected chi connectivity index (χ3v) is 4.92. The molecule has 0 saturated carbocycles. The molecule has 2 aromatic heterocycles. The van der Waals surface area contributed by atoms with Gasteiger partial charge in [0.15, 0.2) is 11.0 Å². The van der Waals surface area contributed by atoms with Crippen LogP contribution in [0.3, 0.4) is 0 Å². The summed E-state index contributed by atoms with van der Waals surface area (Å²) >= 11 is 7.66. The number of nitrogens with zero attached hydrogens (tertiary/aromatic N) is 5. The van der Waals surface area contributed by atoms with Gasteiger partial charge in [-0.15, -0.1) is 20.4 Å². The van der Waals surface area contributed by atoms with E-state index in [1.807, 2.05) is 23.6 Å². The maximum atomic E-state index is 6.15. The molecule has 3 aromatic rings. The van der Waals surface area contributed by atoms with Crippen LogP contribution in [0.2, 0.25) is 5.02 Å². The molecule has 0 aliphatic rings. The van der Waals surface area contributed by atoms with Gasteiger partial charge in [0, 0.05) is 18.0 Å². The number of aryl methyl sites for hydroxylation is 1. The van der Waals surface area contributed by atoms with E-state index in [1.54, 1.807) is 13.2 Å². The van der Waals surface area contributed by atoms with Crippen molar-refractivity contribution in [2.45, 2.75) is 44.1 Å². The molecule has 9 heteroatoms. The third-order valence-electron chi connectivity index (χ3n) is 3.73. The van der Waals surface area contributed by atoms with Crippen molar-refractivity contribution in [2.24, 2.45) is 0 Å². The van der Waals surface area contributed by atoms with Gasteiger partial charge in [-0.3, -0.25) is 0 Å². The summed E-state index contributed by atoms with van der Waals surface area (Å²) in [6.45, 7) is 4.83. The summed E-state index contributed by atoms with van der Waals surface area (Å²) in [5, 5.41) is 18.2. The van der Waals surface area contributed by atoms with Crippen molar-refractivity contribution in [3.8, 4) is 17.1 Å². The number of hydrogen-bond donors (Lipinski definition) is 0. The average molecular weight is 394 g/mol. The van der Waals surface area contributed by atoms with Gasteiger partial charge in [-0.2, -0.15) is 0 Å². The molecule has 7 nitrogen and oxygen atoms in total. The SMILES string of the molecule is CCCc1nnc(CSc2nnc(-c3cc(Cl)ccc3OC)n2CC)o1. The molecule has 0 aliphatic heterocycles. The van der Waals surface area contributed by atoms with Crippen LogP contribution in [0, 0.1) is 0 Å². The maximum Gasteiger partial charge on any atom is 0.226 e. The Hall–Kier alpha value is -2.06. The van der Waals surface area contributed by atoms with Crippen molar-refractivity contribution in [2.75, 3.05) is 7.11 Å². The Morgan fingerprint density at radius 2 is 1.96 bits per heavy atom. The summed E-state index contributed by atoms with van der Waals surface area (Å²) in [6.07, 6.45) is 1.77. The van der Waals surface area contributed by atoms with Gasteiger partial charge >= 0.3 is 0 Å². The van der Waals surface area contributed by atoms with Crippen molar-refractivity contribution >= 4 is 23.4 Å². The number of rotatable bonds is 8. The molecule has 0 atom stereocenters. The average Bonchev–Trinajstić information content (AvgIpc) is 3.26. The first-order valence-electron chi connectivity index (χ1n) is 8.37. The second-order valence-corrected chi connectivity index (χ2v) is 6.90. The Kier molecular flexibility index (Phi) is 6.16. The van der Waals surface area contributed by atoms with Crippen LogP contribution in [-0.2, 0) is 18.7 Å². The molecule has 0 saturated heterocycles. The van der Waals surface area contributed by atoms with E-state index in [0.717, 1.165) is 23.6 Å². The molecule has 0 amide bonds.